The molecule has 1 atom stereocenters. The molecule has 0 heterocycles. The molecule has 0 aliphatic heterocycles. The molecule has 0 fully saturated rings. The second kappa shape index (κ2) is 6.72. The Bertz CT molecular complexity index is 368. The average molecular weight is 284 g/mol. The molecule has 18 heavy (non-hydrogen) atoms. The number of rotatable bonds is 5. The van der Waals surface area contributed by atoms with E-state index in [2.05, 4.69) is 0 Å². The molecule has 3 N–H and O–H groups in total. The largest absolute Gasteiger partial charge is 0.496 e. The van der Waals surface area contributed by atoms with Gasteiger partial charge >= 0.3 is 0 Å². The predicted octanol–water partition coefficient (Wildman–Crippen LogP) is 1.75. The molecule has 0 aromatic heterocycles. The number of nitrogens with two attached hydrogens (primary N) is 1. The standard InChI is InChI=1S/C11H15F2NO3.ClH/c1-16-7-4-3-5-8(17-2)9(7)10(14)11(12,13)6-15;/h3-5,10,15H,6,14H2,1-2H3;1H/t10-;/m0./s1. The summed E-state index contributed by atoms with van der Waals surface area (Å²) in [5, 5.41) is 8.64. The minimum Gasteiger partial charge on any atom is -0.496 e. The number of benzene rings is 1. The molecule has 0 amide bonds. The zero-order valence-corrected chi connectivity index (χ0v) is 10.8. The number of hydrogen-bond donors (Lipinski definition) is 2. The van der Waals surface area contributed by atoms with Gasteiger partial charge in [0.1, 0.15) is 24.1 Å². The van der Waals surface area contributed by atoms with Gasteiger partial charge in [0.15, 0.2) is 0 Å². The van der Waals surface area contributed by atoms with Crippen LogP contribution in [0.15, 0.2) is 18.2 Å². The van der Waals surface area contributed by atoms with Crippen molar-refractivity contribution in [3.05, 3.63) is 23.8 Å². The van der Waals surface area contributed by atoms with Crippen molar-refractivity contribution < 1.29 is 23.4 Å². The first-order valence-electron chi connectivity index (χ1n) is 4.93. The van der Waals surface area contributed by atoms with Crippen molar-refractivity contribution in [2.45, 2.75) is 12.0 Å². The maximum Gasteiger partial charge on any atom is 0.289 e. The summed E-state index contributed by atoms with van der Waals surface area (Å²) in [6, 6.07) is 2.92. The first kappa shape index (κ1) is 16.9. The van der Waals surface area contributed by atoms with E-state index in [1.54, 1.807) is 6.07 Å². The molecule has 0 aliphatic carbocycles. The summed E-state index contributed by atoms with van der Waals surface area (Å²) in [5.41, 5.74) is 5.50. The van der Waals surface area contributed by atoms with Gasteiger partial charge in [-0.3, -0.25) is 0 Å². The second-order valence-electron chi connectivity index (χ2n) is 3.47. The van der Waals surface area contributed by atoms with Crippen LogP contribution in [0.3, 0.4) is 0 Å². The molecular weight excluding hydrogens is 268 g/mol. The third-order valence-electron chi connectivity index (χ3n) is 2.44. The van der Waals surface area contributed by atoms with Crippen LogP contribution in [0, 0.1) is 0 Å². The van der Waals surface area contributed by atoms with Crippen LogP contribution in [0.5, 0.6) is 11.5 Å². The Hall–Kier alpha value is -1.11. The van der Waals surface area contributed by atoms with E-state index in [9.17, 15) is 8.78 Å². The molecular formula is C11H16ClF2NO3. The lowest BCUT2D eigenvalue weighted by molar-refractivity contribution is -0.0719. The fourth-order valence-electron chi connectivity index (χ4n) is 1.50. The molecule has 1 rings (SSSR count). The predicted molar refractivity (Wildman–Crippen MR) is 65.8 cm³/mol. The zero-order chi connectivity index (χ0) is 13.1. The van der Waals surface area contributed by atoms with Gasteiger partial charge in [0, 0.05) is 0 Å². The molecule has 0 unspecified atom stereocenters. The lowest BCUT2D eigenvalue weighted by Gasteiger charge is -2.24. The van der Waals surface area contributed by atoms with Crippen LogP contribution in [-0.4, -0.2) is 31.9 Å². The maximum absolute atomic E-state index is 13.4. The van der Waals surface area contributed by atoms with Crippen molar-refractivity contribution in [1.82, 2.24) is 0 Å². The molecule has 0 radical (unpaired) electrons. The van der Waals surface area contributed by atoms with Gasteiger partial charge in [-0.15, -0.1) is 12.4 Å². The maximum atomic E-state index is 13.4. The van der Waals surface area contributed by atoms with E-state index in [0.29, 0.717) is 0 Å². The SMILES string of the molecule is COc1cccc(OC)c1[C@H](N)C(F)(F)CO.Cl. The van der Waals surface area contributed by atoms with Crippen molar-refractivity contribution in [1.29, 1.82) is 0 Å². The Morgan fingerprint density at radius 1 is 1.28 bits per heavy atom. The van der Waals surface area contributed by atoms with E-state index in [1.807, 2.05) is 0 Å². The minimum absolute atomic E-state index is 0. The summed E-state index contributed by atoms with van der Waals surface area (Å²) < 4.78 is 36.7. The van der Waals surface area contributed by atoms with Crippen molar-refractivity contribution >= 4 is 12.4 Å². The summed E-state index contributed by atoms with van der Waals surface area (Å²) >= 11 is 0. The summed E-state index contributed by atoms with van der Waals surface area (Å²) in [6.45, 7) is -1.34. The smallest absolute Gasteiger partial charge is 0.289 e. The van der Waals surface area contributed by atoms with Crippen LogP contribution in [0.25, 0.3) is 0 Å². The third kappa shape index (κ3) is 3.22. The highest BCUT2D eigenvalue weighted by atomic mass is 35.5. The average Bonchev–Trinajstić information content (AvgIpc) is 2.36. The van der Waals surface area contributed by atoms with E-state index in [0.717, 1.165) is 0 Å². The summed E-state index contributed by atoms with van der Waals surface area (Å²) in [6.07, 6.45) is 0. The van der Waals surface area contributed by atoms with Crippen molar-refractivity contribution in [2.24, 2.45) is 5.73 Å². The molecule has 0 aliphatic rings. The van der Waals surface area contributed by atoms with Crippen LogP contribution >= 0.6 is 12.4 Å². The fraction of sp³-hybridized carbons (Fsp3) is 0.455. The Morgan fingerprint density at radius 2 is 1.72 bits per heavy atom. The van der Waals surface area contributed by atoms with Gasteiger partial charge in [-0.25, -0.2) is 8.78 Å². The third-order valence-corrected chi connectivity index (χ3v) is 2.44. The number of alkyl halides is 2. The normalized spacial score (nSPS) is 12.6. The first-order valence-corrected chi connectivity index (χ1v) is 4.93. The number of aliphatic hydroxyl groups is 1. The van der Waals surface area contributed by atoms with E-state index < -0.39 is 18.6 Å². The molecule has 0 saturated heterocycles. The van der Waals surface area contributed by atoms with Crippen LogP contribution < -0.4 is 15.2 Å². The van der Waals surface area contributed by atoms with E-state index in [4.69, 9.17) is 20.3 Å². The van der Waals surface area contributed by atoms with Crippen LogP contribution in [0.4, 0.5) is 8.78 Å². The molecule has 0 bridgehead atoms. The highest BCUT2D eigenvalue weighted by Crippen LogP contribution is 2.39. The van der Waals surface area contributed by atoms with Gasteiger partial charge in [0.05, 0.1) is 19.8 Å². The number of methoxy groups -OCH3 is 2. The van der Waals surface area contributed by atoms with Gasteiger partial charge in [-0.2, -0.15) is 0 Å². The highest BCUT2D eigenvalue weighted by molar-refractivity contribution is 5.85. The fourth-order valence-corrected chi connectivity index (χ4v) is 1.50. The Morgan fingerprint density at radius 3 is 2.06 bits per heavy atom. The topological polar surface area (TPSA) is 64.7 Å². The highest BCUT2D eigenvalue weighted by Gasteiger charge is 2.40. The number of ether oxygens (including phenoxy) is 2. The quantitative estimate of drug-likeness (QED) is 0.864. The Labute approximate surface area is 110 Å². The van der Waals surface area contributed by atoms with Crippen molar-refractivity contribution in [3.8, 4) is 11.5 Å². The molecule has 0 spiro atoms. The van der Waals surface area contributed by atoms with Crippen LogP contribution in [0.2, 0.25) is 0 Å². The lowest BCUT2D eigenvalue weighted by atomic mass is 9.99. The number of halogens is 3. The number of aliphatic hydroxyl groups excluding tert-OH is 1. The van der Waals surface area contributed by atoms with Gasteiger partial charge in [0.2, 0.25) is 0 Å². The minimum atomic E-state index is -3.44. The number of hydrogen-bond acceptors (Lipinski definition) is 4. The summed E-state index contributed by atoms with van der Waals surface area (Å²) in [5.74, 6) is -3.04. The monoisotopic (exact) mass is 283 g/mol. The van der Waals surface area contributed by atoms with Gasteiger partial charge in [-0.05, 0) is 12.1 Å². The molecule has 1 aromatic rings. The van der Waals surface area contributed by atoms with Crippen LogP contribution in [0.1, 0.15) is 11.6 Å². The van der Waals surface area contributed by atoms with E-state index in [-0.39, 0.29) is 29.5 Å². The molecule has 104 valence electrons. The molecule has 0 saturated carbocycles. The second-order valence-corrected chi connectivity index (χ2v) is 3.47. The van der Waals surface area contributed by atoms with Gasteiger partial charge < -0.3 is 20.3 Å². The molecule has 7 heteroatoms. The van der Waals surface area contributed by atoms with E-state index in [1.165, 1.54) is 26.4 Å². The van der Waals surface area contributed by atoms with Crippen molar-refractivity contribution in [3.63, 3.8) is 0 Å². The molecule has 4 nitrogen and oxygen atoms in total. The van der Waals surface area contributed by atoms with Crippen LogP contribution in [-0.2, 0) is 0 Å². The molecule has 1 aromatic carbocycles. The van der Waals surface area contributed by atoms with Gasteiger partial charge in [0.25, 0.3) is 5.92 Å². The zero-order valence-electron chi connectivity index (χ0n) is 10.0. The van der Waals surface area contributed by atoms with E-state index >= 15 is 0 Å². The first-order chi connectivity index (χ1) is 7.97. The van der Waals surface area contributed by atoms with Gasteiger partial charge in [-0.1, -0.05) is 6.07 Å². The lowest BCUT2D eigenvalue weighted by Crippen LogP contribution is -2.36. The Kier molecular flexibility index (Phi) is 6.31. The summed E-state index contributed by atoms with van der Waals surface area (Å²) in [7, 11) is 2.70. The Balaban J connectivity index is 0.00000289. The summed E-state index contributed by atoms with van der Waals surface area (Å²) in [4.78, 5) is 0. The van der Waals surface area contributed by atoms with Crippen molar-refractivity contribution in [2.75, 3.05) is 20.8 Å².